The molecule has 0 radical (unpaired) electrons. The molecule has 1 N–H and O–H groups in total. The molecule has 0 bridgehead atoms. The van der Waals surface area contributed by atoms with Gasteiger partial charge in [-0.3, -0.25) is 4.79 Å². The average Bonchev–Trinajstić information content (AvgIpc) is 2.68. The minimum atomic E-state index is -0.161. The van der Waals surface area contributed by atoms with Crippen LogP contribution in [0.5, 0.6) is 5.75 Å². The maximum absolute atomic E-state index is 11.7. The molecule has 1 atom stereocenters. The maximum atomic E-state index is 11.7. The summed E-state index contributed by atoms with van der Waals surface area (Å²) >= 11 is 6.40. The molecule has 1 unspecified atom stereocenters. The van der Waals surface area contributed by atoms with Crippen LogP contribution in [0.1, 0.15) is 5.56 Å². The Morgan fingerprint density at radius 2 is 2.21 bits per heavy atom. The first-order valence-electron chi connectivity index (χ1n) is 5.87. The van der Waals surface area contributed by atoms with E-state index in [4.69, 9.17) is 17.0 Å². The summed E-state index contributed by atoms with van der Waals surface area (Å²) in [5, 5.41) is 2.50. The third-order valence-electron chi connectivity index (χ3n) is 2.96. The minimum absolute atomic E-state index is 0.0197. The van der Waals surface area contributed by atoms with Gasteiger partial charge in [-0.1, -0.05) is 30.0 Å². The number of anilines is 1. The second-order valence-corrected chi connectivity index (χ2v) is 6.36. The monoisotopic (exact) mass is 296 g/mol. The molecular weight excluding hydrogens is 280 g/mol. The Morgan fingerprint density at radius 3 is 2.74 bits per heavy atom. The van der Waals surface area contributed by atoms with Crippen LogP contribution in [0.25, 0.3) is 0 Å². The van der Waals surface area contributed by atoms with E-state index in [1.165, 1.54) is 11.8 Å². The fraction of sp³-hybridized carbons (Fsp3) is 0.385. The van der Waals surface area contributed by atoms with Crippen molar-refractivity contribution in [3.8, 4) is 5.75 Å². The van der Waals surface area contributed by atoms with E-state index in [1.807, 2.05) is 37.2 Å². The second-order valence-electron chi connectivity index (χ2n) is 4.48. The number of thiocarbonyl (C=S) groups is 1. The SMILES string of the molecule is COc1cc(N(C)C)ccc1CC1SC(=S)NC1=O. The molecule has 102 valence electrons. The van der Waals surface area contributed by atoms with Gasteiger partial charge < -0.3 is 15.0 Å². The highest BCUT2D eigenvalue weighted by atomic mass is 32.2. The van der Waals surface area contributed by atoms with E-state index >= 15 is 0 Å². The van der Waals surface area contributed by atoms with Crippen molar-refractivity contribution >= 4 is 39.9 Å². The number of amides is 1. The average molecular weight is 296 g/mol. The van der Waals surface area contributed by atoms with Crippen molar-refractivity contribution in [3.63, 3.8) is 0 Å². The van der Waals surface area contributed by atoms with Crippen molar-refractivity contribution in [2.75, 3.05) is 26.1 Å². The van der Waals surface area contributed by atoms with E-state index in [0.29, 0.717) is 10.7 Å². The van der Waals surface area contributed by atoms with Gasteiger partial charge in [0.15, 0.2) is 0 Å². The third kappa shape index (κ3) is 3.19. The van der Waals surface area contributed by atoms with Gasteiger partial charge in [0.2, 0.25) is 5.91 Å². The molecule has 4 nitrogen and oxygen atoms in total. The molecular formula is C13H16N2O2S2. The van der Waals surface area contributed by atoms with Gasteiger partial charge in [-0.05, 0) is 18.1 Å². The van der Waals surface area contributed by atoms with Gasteiger partial charge in [0.25, 0.3) is 0 Å². The standard InChI is InChI=1S/C13H16N2O2S2/c1-15(2)9-5-4-8(10(7-9)17-3)6-11-12(16)14-13(18)19-11/h4-5,7,11H,6H2,1-3H3,(H,14,16,18). The number of rotatable bonds is 4. The molecule has 1 aliphatic rings. The summed E-state index contributed by atoms with van der Waals surface area (Å²) in [7, 11) is 5.60. The van der Waals surface area contributed by atoms with E-state index in [0.717, 1.165) is 17.0 Å². The van der Waals surface area contributed by atoms with Crippen LogP contribution in [-0.2, 0) is 11.2 Å². The minimum Gasteiger partial charge on any atom is -0.496 e. The Bertz CT molecular complexity index is 517. The zero-order valence-electron chi connectivity index (χ0n) is 11.1. The fourth-order valence-corrected chi connectivity index (χ4v) is 3.20. The van der Waals surface area contributed by atoms with Gasteiger partial charge in [-0.25, -0.2) is 0 Å². The van der Waals surface area contributed by atoms with Crippen molar-refractivity contribution in [1.82, 2.24) is 5.32 Å². The molecule has 6 heteroatoms. The Kier molecular flexibility index (Phi) is 4.31. The van der Waals surface area contributed by atoms with E-state index in [2.05, 4.69) is 5.32 Å². The zero-order chi connectivity index (χ0) is 14.0. The number of hydrogen-bond acceptors (Lipinski definition) is 5. The van der Waals surface area contributed by atoms with E-state index in [1.54, 1.807) is 7.11 Å². The number of methoxy groups -OCH3 is 1. The first-order valence-corrected chi connectivity index (χ1v) is 7.15. The van der Waals surface area contributed by atoms with Crippen molar-refractivity contribution < 1.29 is 9.53 Å². The lowest BCUT2D eigenvalue weighted by Crippen LogP contribution is -2.25. The lowest BCUT2D eigenvalue weighted by molar-refractivity contribution is -0.118. The lowest BCUT2D eigenvalue weighted by Gasteiger charge is -2.16. The van der Waals surface area contributed by atoms with E-state index in [9.17, 15) is 4.79 Å². The highest BCUT2D eigenvalue weighted by molar-refractivity contribution is 8.24. The van der Waals surface area contributed by atoms with Gasteiger partial charge in [0.05, 0.1) is 12.4 Å². The second kappa shape index (κ2) is 5.79. The van der Waals surface area contributed by atoms with Crippen LogP contribution < -0.4 is 15.0 Å². The van der Waals surface area contributed by atoms with Crippen molar-refractivity contribution in [2.24, 2.45) is 0 Å². The fourth-order valence-electron chi connectivity index (χ4n) is 1.91. The molecule has 0 spiro atoms. The summed E-state index contributed by atoms with van der Waals surface area (Å²) in [5.74, 6) is 0.783. The number of carbonyl (C=O) groups excluding carboxylic acids is 1. The number of thioether (sulfide) groups is 1. The molecule has 1 aromatic rings. The van der Waals surface area contributed by atoms with Gasteiger partial charge >= 0.3 is 0 Å². The van der Waals surface area contributed by atoms with Gasteiger partial charge in [-0.2, -0.15) is 0 Å². The lowest BCUT2D eigenvalue weighted by atomic mass is 10.1. The van der Waals surface area contributed by atoms with Gasteiger partial charge in [0, 0.05) is 25.8 Å². The molecule has 1 saturated heterocycles. The van der Waals surface area contributed by atoms with Crippen molar-refractivity contribution in [1.29, 1.82) is 0 Å². The molecule has 2 rings (SSSR count). The number of benzene rings is 1. The van der Waals surface area contributed by atoms with Crippen molar-refractivity contribution in [2.45, 2.75) is 11.7 Å². The van der Waals surface area contributed by atoms with Crippen LogP contribution in [0.15, 0.2) is 18.2 Å². The summed E-state index contributed by atoms with van der Waals surface area (Å²) in [6.07, 6.45) is 0.619. The highest BCUT2D eigenvalue weighted by Crippen LogP contribution is 2.30. The predicted molar refractivity (Wildman–Crippen MR) is 83.1 cm³/mol. The summed E-state index contributed by atoms with van der Waals surface area (Å²) < 4.78 is 5.96. The molecule has 1 fully saturated rings. The number of ether oxygens (including phenoxy) is 1. The summed E-state index contributed by atoms with van der Waals surface area (Å²) in [4.78, 5) is 13.7. The normalized spacial score (nSPS) is 18.4. The van der Waals surface area contributed by atoms with E-state index < -0.39 is 0 Å². The quantitative estimate of drug-likeness (QED) is 0.859. The largest absolute Gasteiger partial charge is 0.496 e. The first-order chi connectivity index (χ1) is 9.01. The first kappa shape index (κ1) is 14.1. The topological polar surface area (TPSA) is 41.6 Å². The maximum Gasteiger partial charge on any atom is 0.239 e. The molecule has 1 heterocycles. The van der Waals surface area contributed by atoms with Crippen LogP contribution in [0.3, 0.4) is 0 Å². The number of nitrogens with one attached hydrogen (secondary N) is 1. The van der Waals surface area contributed by atoms with Crippen molar-refractivity contribution in [3.05, 3.63) is 23.8 Å². The summed E-state index contributed by atoms with van der Waals surface area (Å²) in [5.41, 5.74) is 2.09. The number of carbonyl (C=O) groups is 1. The van der Waals surface area contributed by atoms with Gasteiger partial charge in [0.1, 0.15) is 10.1 Å². The van der Waals surface area contributed by atoms with Crippen LogP contribution >= 0.6 is 24.0 Å². The van der Waals surface area contributed by atoms with Crippen LogP contribution in [0, 0.1) is 0 Å². The van der Waals surface area contributed by atoms with Crippen LogP contribution in [0.2, 0.25) is 0 Å². The smallest absolute Gasteiger partial charge is 0.239 e. The summed E-state index contributed by atoms with van der Waals surface area (Å²) in [6.45, 7) is 0. The van der Waals surface area contributed by atoms with Crippen LogP contribution in [-0.4, -0.2) is 36.7 Å². The third-order valence-corrected chi connectivity index (χ3v) is 4.33. The Hall–Kier alpha value is -1.27. The molecule has 19 heavy (non-hydrogen) atoms. The number of hydrogen-bond donors (Lipinski definition) is 1. The molecule has 1 aromatic carbocycles. The predicted octanol–water partition coefficient (Wildman–Crippen LogP) is 1.82. The number of nitrogens with zero attached hydrogens (tertiary/aromatic N) is 1. The molecule has 0 saturated carbocycles. The Balaban J connectivity index is 2.20. The van der Waals surface area contributed by atoms with Crippen LogP contribution in [0.4, 0.5) is 5.69 Å². The van der Waals surface area contributed by atoms with Gasteiger partial charge in [-0.15, -0.1) is 0 Å². The highest BCUT2D eigenvalue weighted by Gasteiger charge is 2.29. The molecule has 0 aliphatic carbocycles. The van der Waals surface area contributed by atoms with E-state index in [-0.39, 0.29) is 11.2 Å². The molecule has 1 amide bonds. The summed E-state index contributed by atoms with van der Waals surface area (Å²) in [6, 6.07) is 6.00. The molecule has 1 aliphatic heterocycles. The Morgan fingerprint density at radius 1 is 1.47 bits per heavy atom. The zero-order valence-corrected chi connectivity index (χ0v) is 12.7. The Labute approximate surface area is 122 Å². The molecule has 0 aromatic heterocycles.